The van der Waals surface area contributed by atoms with Crippen molar-refractivity contribution >= 4 is 0 Å². The third kappa shape index (κ3) is 2.48. The van der Waals surface area contributed by atoms with Gasteiger partial charge in [-0.1, -0.05) is 41.0 Å². The standard InChI is InChI=1S/C11H24O/c1-6-9(4)10(5)11(12,7-2)8-3/h9-10,12H,6-8H2,1-5H3. The lowest BCUT2D eigenvalue weighted by atomic mass is 9.76. The maximum atomic E-state index is 10.2. The highest BCUT2D eigenvalue weighted by Crippen LogP contribution is 2.31. The Hall–Kier alpha value is -0.0400. The summed E-state index contributed by atoms with van der Waals surface area (Å²) in [4.78, 5) is 0. The summed E-state index contributed by atoms with van der Waals surface area (Å²) in [5.41, 5.74) is -0.435. The van der Waals surface area contributed by atoms with E-state index in [1.165, 1.54) is 0 Å². The van der Waals surface area contributed by atoms with Crippen molar-refractivity contribution < 1.29 is 5.11 Å². The summed E-state index contributed by atoms with van der Waals surface area (Å²) in [6.45, 7) is 10.7. The molecule has 0 saturated carbocycles. The molecule has 1 nitrogen and oxygen atoms in total. The SMILES string of the molecule is CCC(C)C(C)C(O)(CC)CC. The summed E-state index contributed by atoms with van der Waals surface area (Å²) < 4.78 is 0. The van der Waals surface area contributed by atoms with Gasteiger partial charge in [0.25, 0.3) is 0 Å². The number of hydrogen-bond acceptors (Lipinski definition) is 1. The Morgan fingerprint density at radius 1 is 1.08 bits per heavy atom. The van der Waals surface area contributed by atoms with Crippen LogP contribution in [0.1, 0.15) is 53.9 Å². The molecular weight excluding hydrogens is 148 g/mol. The van der Waals surface area contributed by atoms with Crippen LogP contribution in [0.4, 0.5) is 0 Å². The van der Waals surface area contributed by atoms with Gasteiger partial charge in [0.2, 0.25) is 0 Å². The van der Waals surface area contributed by atoms with E-state index in [2.05, 4.69) is 34.6 Å². The molecule has 0 radical (unpaired) electrons. The van der Waals surface area contributed by atoms with Crippen LogP contribution in [0.3, 0.4) is 0 Å². The molecule has 0 aliphatic heterocycles. The van der Waals surface area contributed by atoms with Gasteiger partial charge in [0.05, 0.1) is 5.60 Å². The molecule has 0 aromatic heterocycles. The fraction of sp³-hybridized carbons (Fsp3) is 1.00. The predicted octanol–water partition coefficient (Wildman–Crippen LogP) is 3.22. The fourth-order valence-corrected chi connectivity index (χ4v) is 1.78. The molecule has 2 unspecified atom stereocenters. The van der Waals surface area contributed by atoms with Crippen LogP contribution in [0.5, 0.6) is 0 Å². The first kappa shape index (κ1) is 12.0. The Balaban J connectivity index is 4.29. The van der Waals surface area contributed by atoms with Crippen LogP contribution in [0.2, 0.25) is 0 Å². The van der Waals surface area contributed by atoms with Gasteiger partial charge in [-0.15, -0.1) is 0 Å². The van der Waals surface area contributed by atoms with E-state index in [4.69, 9.17) is 0 Å². The number of hydrogen-bond donors (Lipinski definition) is 1. The molecule has 0 heterocycles. The van der Waals surface area contributed by atoms with Crippen LogP contribution in [-0.4, -0.2) is 10.7 Å². The second kappa shape index (κ2) is 4.86. The Morgan fingerprint density at radius 3 is 1.75 bits per heavy atom. The van der Waals surface area contributed by atoms with E-state index in [0.717, 1.165) is 19.3 Å². The molecule has 1 heteroatoms. The number of aliphatic hydroxyl groups is 1. The van der Waals surface area contributed by atoms with E-state index in [-0.39, 0.29) is 0 Å². The molecule has 0 spiro atoms. The van der Waals surface area contributed by atoms with Crippen molar-refractivity contribution in [2.24, 2.45) is 11.8 Å². The van der Waals surface area contributed by atoms with Gasteiger partial charge in [-0.3, -0.25) is 0 Å². The zero-order valence-electron chi connectivity index (χ0n) is 9.22. The van der Waals surface area contributed by atoms with E-state index < -0.39 is 5.60 Å². The van der Waals surface area contributed by atoms with Crippen molar-refractivity contribution in [1.82, 2.24) is 0 Å². The second-order valence-electron chi connectivity index (χ2n) is 3.98. The van der Waals surface area contributed by atoms with E-state index in [9.17, 15) is 5.11 Å². The maximum Gasteiger partial charge on any atom is 0.0670 e. The molecule has 74 valence electrons. The van der Waals surface area contributed by atoms with E-state index in [0.29, 0.717) is 11.8 Å². The highest BCUT2D eigenvalue weighted by molar-refractivity contribution is 4.83. The summed E-state index contributed by atoms with van der Waals surface area (Å²) in [5, 5.41) is 10.2. The third-order valence-electron chi connectivity index (χ3n) is 3.57. The quantitative estimate of drug-likeness (QED) is 0.675. The first-order valence-electron chi connectivity index (χ1n) is 5.24. The molecule has 0 rings (SSSR count). The molecule has 0 aliphatic rings. The fourth-order valence-electron chi connectivity index (χ4n) is 1.78. The van der Waals surface area contributed by atoms with Crippen LogP contribution >= 0.6 is 0 Å². The largest absolute Gasteiger partial charge is 0.390 e. The summed E-state index contributed by atoms with van der Waals surface area (Å²) in [5.74, 6) is 1.03. The van der Waals surface area contributed by atoms with E-state index in [1.54, 1.807) is 0 Å². The maximum absolute atomic E-state index is 10.2. The average molecular weight is 172 g/mol. The number of rotatable bonds is 5. The van der Waals surface area contributed by atoms with Gasteiger partial charge in [-0.2, -0.15) is 0 Å². The smallest absolute Gasteiger partial charge is 0.0670 e. The minimum Gasteiger partial charge on any atom is -0.390 e. The van der Waals surface area contributed by atoms with Crippen molar-refractivity contribution in [2.45, 2.75) is 59.5 Å². The first-order chi connectivity index (χ1) is 5.51. The van der Waals surface area contributed by atoms with Crippen molar-refractivity contribution in [1.29, 1.82) is 0 Å². The molecule has 0 saturated heterocycles. The van der Waals surface area contributed by atoms with Gasteiger partial charge in [0.15, 0.2) is 0 Å². The minimum atomic E-state index is -0.435. The molecule has 12 heavy (non-hydrogen) atoms. The van der Waals surface area contributed by atoms with Gasteiger partial charge in [0.1, 0.15) is 0 Å². The lowest BCUT2D eigenvalue weighted by molar-refractivity contribution is -0.0392. The monoisotopic (exact) mass is 172 g/mol. The highest BCUT2D eigenvalue weighted by atomic mass is 16.3. The van der Waals surface area contributed by atoms with E-state index in [1.807, 2.05) is 0 Å². The van der Waals surface area contributed by atoms with Gasteiger partial charge in [-0.05, 0) is 24.7 Å². The van der Waals surface area contributed by atoms with Crippen molar-refractivity contribution in [2.75, 3.05) is 0 Å². The Kier molecular flexibility index (Phi) is 4.84. The molecule has 0 amide bonds. The van der Waals surface area contributed by atoms with Gasteiger partial charge < -0.3 is 5.11 Å². The van der Waals surface area contributed by atoms with Gasteiger partial charge >= 0.3 is 0 Å². The van der Waals surface area contributed by atoms with E-state index >= 15 is 0 Å². The summed E-state index contributed by atoms with van der Waals surface area (Å²) in [6, 6.07) is 0. The van der Waals surface area contributed by atoms with Crippen LogP contribution in [-0.2, 0) is 0 Å². The zero-order chi connectivity index (χ0) is 9.78. The predicted molar refractivity (Wildman–Crippen MR) is 54.2 cm³/mol. The van der Waals surface area contributed by atoms with Crippen LogP contribution in [0.15, 0.2) is 0 Å². The molecule has 0 fully saturated rings. The van der Waals surface area contributed by atoms with Crippen LogP contribution in [0.25, 0.3) is 0 Å². The van der Waals surface area contributed by atoms with Gasteiger partial charge in [0, 0.05) is 0 Å². The Labute approximate surface area is 77.2 Å². The summed E-state index contributed by atoms with van der Waals surface area (Å²) in [6.07, 6.45) is 2.90. The Bertz CT molecular complexity index is 116. The van der Waals surface area contributed by atoms with Crippen molar-refractivity contribution in [3.63, 3.8) is 0 Å². The lowest BCUT2D eigenvalue weighted by Crippen LogP contribution is -2.38. The highest BCUT2D eigenvalue weighted by Gasteiger charge is 2.32. The lowest BCUT2D eigenvalue weighted by Gasteiger charge is -2.35. The van der Waals surface area contributed by atoms with Crippen LogP contribution < -0.4 is 0 Å². The first-order valence-corrected chi connectivity index (χ1v) is 5.24. The summed E-state index contributed by atoms with van der Waals surface area (Å²) >= 11 is 0. The normalized spacial score (nSPS) is 17.5. The minimum absolute atomic E-state index is 0.414. The average Bonchev–Trinajstić information content (AvgIpc) is 2.14. The van der Waals surface area contributed by atoms with Crippen molar-refractivity contribution in [3.8, 4) is 0 Å². The molecular formula is C11H24O. The van der Waals surface area contributed by atoms with Crippen LogP contribution in [0, 0.1) is 11.8 Å². The molecule has 0 aromatic carbocycles. The molecule has 0 aromatic rings. The van der Waals surface area contributed by atoms with Gasteiger partial charge in [-0.25, -0.2) is 0 Å². The van der Waals surface area contributed by atoms with Crippen molar-refractivity contribution in [3.05, 3.63) is 0 Å². The molecule has 0 aliphatic carbocycles. The topological polar surface area (TPSA) is 20.2 Å². The zero-order valence-corrected chi connectivity index (χ0v) is 9.22. The Morgan fingerprint density at radius 2 is 1.50 bits per heavy atom. The molecule has 2 atom stereocenters. The second-order valence-corrected chi connectivity index (χ2v) is 3.98. The molecule has 1 N–H and O–H groups in total. The summed E-state index contributed by atoms with van der Waals surface area (Å²) in [7, 11) is 0. The molecule has 0 bridgehead atoms. The third-order valence-corrected chi connectivity index (χ3v) is 3.57.